The molecule has 2 nitrogen and oxygen atoms in total. The molecule has 0 heterocycles. The number of halogens is 2. The fourth-order valence-corrected chi connectivity index (χ4v) is 2.58. The minimum atomic E-state index is 0.0207. The van der Waals surface area contributed by atoms with Crippen molar-refractivity contribution in [1.29, 1.82) is 5.26 Å². The highest BCUT2D eigenvalue weighted by Crippen LogP contribution is 2.29. The van der Waals surface area contributed by atoms with Gasteiger partial charge in [0.15, 0.2) is 0 Å². The van der Waals surface area contributed by atoms with Crippen LogP contribution in [0.3, 0.4) is 0 Å². The highest BCUT2D eigenvalue weighted by atomic mass is 35.5. The maximum Gasteiger partial charge on any atom is 0.0992 e. The van der Waals surface area contributed by atoms with Gasteiger partial charge in [-0.1, -0.05) is 35.3 Å². The average Bonchev–Trinajstić information content (AvgIpc) is 2.41. The summed E-state index contributed by atoms with van der Waals surface area (Å²) in [5.41, 5.74) is 3.62. The van der Waals surface area contributed by atoms with Gasteiger partial charge in [0.1, 0.15) is 0 Å². The van der Waals surface area contributed by atoms with Gasteiger partial charge in [0.2, 0.25) is 0 Å². The molecule has 1 N–H and O–H groups in total. The van der Waals surface area contributed by atoms with Gasteiger partial charge in [0.25, 0.3) is 0 Å². The molecule has 20 heavy (non-hydrogen) atoms. The van der Waals surface area contributed by atoms with Gasteiger partial charge in [-0.3, -0.25) is 0 Å². The third kappa shape index (κ3) is 3.25. The first-order chi connectivity index (χ1) is 9.51. The SMILES string of the molecule is Cc1ccc(C#N)cc1NC(C)c1ccc(Cl)cc1Cl. The van der Waals surface area contributed by atoms with Crippen LogP contribution in [0.15, 0.2) is 36.4 Å². The molecular formula is C16H14Cl2N2. The van der Waals surface area contributed by atoms with E-state index in [1.54, 1.807) is 12.1 Å². The normalized spacial score (nSPS) is 11.8. The summed E-state index contributed by atoms with van der Waals surface area (Å²) in [4.78, 5) is 0. The lowest BCUT2D eigenvalue weighted by atomic mass is 10.1. The van der Waals surface area contributed by atoms with E-state index in [0.29, 0.717) is 15.6 Å². The van der Waals surface area contributed by atoms with Crippen LogP contribution in [-0.2, 0) is 0 Å². The van der Waals surface area contributed by atoms with Gasteiger partial charge in [-0.2, -0.15) is 5.26 Å². The molecule has 1 atom stereocenters. The molecule has 0 aliphatic carbocycles. The van der Waals surface area contributed by atoms with Gasteiger partial charge >= 0.3 is 0 Å². The van der Waals surface area contributed by atoms with Crippen LogP contribution in [-0.4, -0.2) is 0 Å². The number of hydrogen-bond donors (Lipinski definition) is 1. The lowest BCUT2D eigenvalue weighted by Gasteiger charge is -2.19. The number of nitriles is 1. The van der Waals surface area contributed by atoms with Crippen LogP contribution in [0, 0.1) is 18.3 Å². The van der Waals surface area contributed by atoms with E-state index >= 15 is 0 Å². The summed E-state index contributed by atoms with van der Waals surface area (Å²) in [7, 11) is 0. The zero-order chi connectivity index (χ0) is 14.7. The number of anilines is 1. The molecule has 0 amide bonds. The van der Waals surface area contributed by atoms with E-state index in [-0.39, 0.29) is 6.04 Å². The zero-order valence-electron chi connectivity index (χ0n) is 11.2. The van der Waals surface area contributed by atoms with Crippen LogP contribution >= 0.6 is 23.2 Å². The van der Waals surface area contributed by atoms with E-state index in [2.05, 4.69) is 11.4 Å². The molecule has 2 rings (SSSR count). The van der Waals surface area contributed by atoms with Crippen molar-refractivity contribution >= 4 is 28.9 Å². The first-order valence-electron chi connectivity index (χ1n) is 6.23. The van der Waals surface area contributed by atoms with E-state index in [9.17, 15) is 0 Å². The smallest absolute Gasteiger partial charge is 0.0992 e. The van der Waals surface area contributed by atoms with Crippen molar-refractivity contribution in [1.82, 2.24) is 0 Å². The topological polar surface area (TPSA) is 35.8 Å². The second-order valence-corrected chi connectivity index (χ2v) is 5.52. The summed E-state index contributed by atoms with van der Waals surface area (Å²) in [5.74, 6) is 0. The van der Waals surface area contributed by atoms with Gasteiger partial charge in [-0.15, -0.1) is 0 Å². The minimum absolute atomic E-state index is 0.0207. The van der Waals surface area contributed by atoms with Crippen LogP contribution in [0.2, 0.25) is 10.0 Å². The predicted molar refractivity (Wildman–Crippen MR) is 84.4 cm³/mol. The number of aryl methyl sites for hydroxylation is 1. The molecule has 4 heteroatoms. The molecule has 1 unspecified atom stereocenters. The maximum absolute atomic E-state index is 8.97. The number of benzene rings is 2. The number of nitrogens with zero attached hydrogens (tertiary/aromatic N) is 1. The van der Waals surface area contributed by atoms with Crippen LogP contribution in [0.4, 0.5) is 5.69 Å². The third-order valence-electron chi connectivity index (χ3n) is 3.17. The molecule has 0 saturated carbocycles. The van der Waals surface area contributed by atoms with Crippen molar-refractivity contribution in [3.8, 4) is 6.07 Å². The molecular weight excluding hydrogens is 291 g/mol. The fraction of sp³-hybridized carbons (Fsp3) is 0.188. The monoisotopic (exact) mass is 304 g/mol. The van der Waals surface area contributed by atoms with E-state index in [1.807, 2.05) is 38.1 Å². The molecule has 0 aromatic heterocycles. The lowest BCUT2D eigenvalue weighted by molar-refractivity contribution is 0.883. The van der Waals surface area contributed by atoms with Crippen LogP contribution < -0.4 is 5.32 Å². The van der Waals surface area contributed by atoms with Crippen molar-refractivity contribution < 1.29 is 0 Å². The predicted octanol–water partition coefficient (Wildman–Crippen LogP) is 5.35. The van der Waals surface area contributed by atoms with Gasteiger partial charge in [0, 0.05) is 15.7 Å². The highest BCUT2D eigenvalue weighted by Gasteiger charge is 2.11. The van der Waals surface area contributed by atoms with Crippen molar-refractivity contribution in [2.75, 3.05) is 5.32 Å². The Hall–Kier alpha value is -1.69. The average molecular weight is 305 g/mol. The van der Waals surface area contributed by atoms with E-state index in [1.165, 1.54) is 0 Å². The van der Waals surface area contributed by atoms with Crippen molar-refractivity contribution in [3.05, 3.63) is 63.1 Å². The Morgan fingerprint density at radius 3 is 2.55 bits per heavy atom. The number of hydrogen-bond acceptors (Lipinski definition) is 2. The highest BCUT2D eigenvalue weighted by molar-refractivity contribution is 6.35. The van der Waals surface area contributed by atoms with Crippen LogP contribution in [0.25, 0.3) is 0 Å². The lowest BCUT2D eigenvalue weighted by Crippen LogP contribution is -2.08. The molecule has 0 fully saturated rings. The first-order valence-corrected chi connectivity index (χ1v) is 6.99. The summed E-state index contributed by atoms with van der Waals surface area (Å²) < 4.78 is 0. The Morgan fingerprint density at radius 1 is 1.15 bits per heavy atom. The second kappa shape index (κ2) is 6.17. The molecule has 102 valence electrons. The summed E-state index contributed by atoms with van der Waals surface area (Å²) in [5, 5.41) is 13.6. The molecule has 0 aliphatic rings. The van der Waals surface area contributed by atoms with E-state index in [4.69, 9.17) is 28.5 Å². The standard InChI is InChI=1S/C16H14Cl2N2/c1-10-3-4-12(9-19)7-16(10)20-11(2)14-6-5-13(17)8-15(14)18/h3-8,11,20H,1-2H3. The summed E-state index contributed by atoms with van der Waals surface area (Å²) in [6.07, 6.45) is 0. The van der Waals surface area contributed by atoms with E-state index in [0.717, 1.165) is 16.8 Å². The Bertz CT molecular complexity index is 675. The molecule has 0 saturated heterocycles. The Balaban J connectivity index is 2.27. The van der Waals surface area contributed by atoms with Gasteiger partial charge in [-0.05, 0) is 49.2 Å². The van der Waals surface area contributed by atoms with Gasteiger partial charge in [-0.25, -0.2) is 0 Å². The second-order valence-electron chi connectivity index (χ2n) is 4.67. The summed E-state index contributed by atoms with van der Waals surface area (Å²) in [6.45, 7) is 4.02. The molecule has 2 aromatic carbocycles. The van der Waals surface area contributed by atoms with Crippen LogP contribution in [0.5, 0.6) is 0 Å². The summed E-state index contributed by atoms with van der Waals surface area (Å²) >= 11 is 12.1. The zero-order valence-corrected chi connectivity index (χ0v) is 12.8. The van der Waals surface area contributed by atoms with Crippen molar-refractivity contribution in [2.24, 2.45) is 0 Å². The van der Waals surface area contributed by atoms with Gasteiger partial charge < -0.3 is 5.32 Å². The number of nitrogens with one attached hydrogen (secondary N) is 1. The molecule has 2 aromatic rings. The van der Waals surface area contributed by atoms with Gasteiger partial charge in [0.05, 0.1) is 17.7 Å². The Labute approximate surface area is 128 Å². The first kappa shape index (κ1) is 14.7. The van der Waals surface area contributed by atoms with Crippen molar-refractivity contribution in [2.45, 2.75) is 19.9 Å². The largest absolute Gasteiger partial charge is 0.378 e. The molecule has 0 radical (unpaired) electrons. The minimum Gasteiger partial charge on any atom is -0.378 e. The molecule has 0 aliphatic heterocycles. The Morgan fingerprint density at radius 2 is 1.90 bits per heavy atom. The van der Waals surface area contributed by atoms with Crippen molar-refractivity contribution in [3.63, 3.8) is 0 Å². The third-order valence-corrected chi connectivity index (χ3v) is 3.73. The Kier molecular flexibility index (Phi) is 4.54. The number of rotatable bonds is 3. The maximum atomic E-state index is 8.97. The quantitative estimate of drug-likeness (QED) is 0.830. The molecule has 0 spiro atoms. The van der Waals surface area contributed by atoms with E-state index < -0.39 is 0 Å². The van der Waals surface area contributed by atoms with Crippen LogP contribution in [0.1, 0.15) is 29.7 Å². The fourth-order valence-electron chi connectivity index (χ4n) is 2.01. The summed E-state index contributed by atoms with van der Waals surface area (Å²) in [6, 6.07) is 13.2. The molecule has 0 bridgehead atoms.